The van der Waals surface area contributed by atoms with Crippen molar-refractivity contribution in [2.24, 2.45) is 0 Å². The van der Waals surface area contributed by atoms with E-state index in [4.69, 9.17) is 0 Å². The first kappa shape index (κ1) is 13.0. The van der Waals surface area contributed by atoms with Gasteiger partial charge in [-0.25, -0.2) is 4.39 Å². The first-order chi connectivity index (χ1) is 9.67. The molecule has 0 N–H and O–H groups in total. The highest BCUT2D eigenvalue weighted by Gasteiger charge is 2.14. The molecule has 0 spiro atoms. The monoisotopic (exact) mass is 288 g/mol. The van der Waals surface area contributed by atoms with Crippen LogP contribution in [0.25, 0.3) is 10.1 Å². The molecule has 0 amide bonds. The Labute approximate surface area is 119 Å². The van der Waals surface area contributed by atoms with Gasteiger partial charge < -0.3 is 0 Å². The Kier molecular flexibility index (Phi) is 3.36. The van der Waals surface area contributed by atoms with E-state index in [1.807, 2.05) is 0 Å². The van der Waals surface area contributed by atoms with E-state index in [-0.39, 0.29) is 11.6 Å². The molecular weight excluding hydrogens is 275 g/mol. The van der Waals surface area contributed by atoms with Gasteiger partial charge in [0.1, 0.15) is 5.82 Å². The molecule has 0 saturated heterocycles. The summed E-state index contributed by atoms with van der Waals surface area (Å²) in [6.07, 6.45) is 4.32. The van der Waals surface area contributed by atoms with Crippen molar-refractivity contribution in [3.8, 4) is 0 Å². The maximum Gasteiger partial charge on any atom is 0.206 e. The predicted molar refractivity (Wildman–Crippen MR) is 77.7 cm³/mol. The van der Waals surface area contributed by atoms with Gasteiger partial charge in [-0.3, -0.25) is 9.48 Å². The zero-order chi connectivity index (χ0) is 14.1. The number of nitrogens with zero attached hydrogens (tertiary/aromatic N) is 2. The van der Waals surface area contributed by atoms with Gasteiger partial charge in [-0.15, -0.1) is 11.3 Å². The minimum atomic E-state index is -0.283. The van der Waals surface area contributed by atoms with Gasteiger partial charge >= 0.3 is 0 Å². The number of aryl methyl sites for hydroxylation is 1. The Hall–Kier alpha value is -2.01. The Morgan fingerprint density at radius 1 is 1.40 bits per heavy atom. The Balaban J connectivity index is 1.94. The minimum Gasteiger partial charge on any atom is -0.288 e. The number of carbonyl (C=O) groups is 1. The predicted octanol–water partition coefficient (Wildman–Crippen LogP) is 3.88. The van der Waals surface area contributed by atoms with Crippen molar-refractivity contribution in [2.45, 2.75) is 19.9 Å². The third-order valence-electron chi connectivity index (χ3n) is 3.05. The Morgan fingerprint density at radius 2 is 2.25 bits per heavy atom. The van der Waals surface area contributed by atoms with Crippen molar-refractivity contribution >= 4 is 27.2 Å². The number of hydrogen-bond donors (Lipinski definition) is 0. The summed E-state index contributed by atoms with van der Waals surface area (Å²) in [5.41, 5.74) is 0.575. The summed E-state index contributed by atoms with van der Waals surface area (Å²) in [6.45, 7) is 2.86. The second-order valence-corrected chi connectivity index (χ2v) is 5.70. The van der Waals surface area contributed by atoms with E-state index in [1.165, 1.54) is 23.5 Å². The maximum absolute atomic E-state index is 13.2. The lowest BCUT2D eigenvalue weighted by Gasteiger charge is -1.95. The average Bonchev–Trinajstić information content (AvgIpc) is 3.04. The molecule has 2 aromatic heterocycles. The molecule has 0 aliphatic heterocycles. The summed E-state index contributed by atoms with van der Waals surface area (Å²) < 4.78 is 15.7. The number of hydrogen-bond acceptors (Lipinski definition) is 3. The van der Waals surface area contributed by atoms with Gasteiger partial charge in [-0.05, 0) is 30.0 Å². The topological polar surface area (TPSA) is 34.9 Å². The number of fused-ring (bicyclic) bond motifs is 1. The van der Waals surface area contributed by atoms with Crippen LogP contribution in [-0.2, 0) is 6.54 Å². The van der Waals surface area contributed by atoms with E-state index in [0.717, 1.165) is 23.1 Å². The Bertz CT molecular complexity index is 775. The number of thiophene rings is 1. The van der Waals surface area contributed by atoms with Crippen LogP contribution in [0.3, 0.4) is 0 Å². The fourth-order valence-corrected chi connectivity index (χ4v) is 3.14. The van der Waals surface area contributed by atoms with Crippen molar-refractivity contribution in [1.82, 2.24) is 9.78 Å². The van der Waals surface area contributed by atoms with Gasteiger partial charge in [-0.1, -0.05) is 13.0 Å². The van der Waals surface area contributed by atoms with Crippen LogP contribution in [0.2, 0.25) is 0 Å². The summed E-state index contributed by atoms with van der Waals surface area (Å²) in [4.78, 5) is 13.0. The van der Waals surface area contributed by atoms with E-state index in [1.54, 1.807) is 29.2 Å². The number of halogens is 1. The average molecular weight is 288 g/mol. The summed E-state index contributed by atoms with van der Waals surface area (Å²) >= 11 is 1.31. The number of benzene rings is 1. The van der Waals surface area contributed by atoms with Crippen LogP contribution in [0.1, 0.15) is 28.6 Å². The number of carbonyl (C=O) groups excluding carboxylic acids is 1. The molecular formula is C15H13FN2OS. The van der Waals surface area contributed by atoms with Gasteiger partial charge in [0.05, 0.1) is 16.6 Å². The first-order valence-corrected chi connectivity index (χ1v) is 7.25. The van der Waals surface area contributed by atoms with Crippen molar-refractivity contribution in [3.05, 3.63) is 52.9 Å². The van der Waals surface area contributed by atoms with Gasteiger partial charge in [0, 0.05) is 17.4 Å². The highest BCUT2D eigenvalue weighted by atomic mass is 32.1. The summed E-state index contributed by atoms with van der Waals surface area (Å²) in [6, 6.07) is 6.36. The lowest BCUT2D eigenvalue weighted by molar-refractivity contribution is 0.104. The molecule has 3 aromatic rings. The molecule has 0 radical (unpaired) electrons. The molecule has 1 aromatic carbocycles. The summed E-state index contributed by atoms with van der Waals surface area (Å²) in [5, 5.41) is 5.05. The smallest absolute Gasteiger partial charge is 0.206 e. The fourth-order valence-electron chi connectivity index (χ4n) is 2.09. The molecule has 20 heavy (non-hydrogen) atoms. The molecule has 0 fully saturated rings. The molecule has 0 aliphatic rings. The molecule has 0 saturated carbocycles. The van der Waals surface area contributed by atoms with Crippen molar-refractivity contribution in [3.63, 3.8) is 0 Å². The first-order valence-electron chi connectivity index (χ1n) is 6.43. The zero-order valence-electron chi connectivity index (χ0n) is 11.0. The van der Waals surface area contributed by atoms with Crippen LogP contribution < -0.4 is 0 Å². The fraction of sp³-hybridized carbons (Fsp3) is 0.200. The molecule has 3 rings (SSSR count). The molecule has 3 nitrogen and oxygen atoms in total. The van der Waals surface area contributed by atoms with Gasteiger partial charge in [-0.2, -0.15) is 5.10 Å². The molecule has 5 heteroatoms. The van der Waals surface area contributed by atoms with Crippen LogP contribution in [-0.4, -0.2) is 15.6 Å². The maximum atomic E-state index is 13.2. The zero-order valence-corrected chi connectivity index (χ0v) is 11.8. The van der Waals surface area contributed by atoms with Gasteiger partial charge in [0.15, 0.2) is 0 Å². The second-order valence-electron chi connectivity index (χ2n) is 4.61. The summed E-state index contributed by atoms with van der Waals surface area (Å²) in [5.74, 6) is -0.344. The van der Waals surface area contributed by atoms with Gasteiger partial charge in [0.25, 0.3) is 0 Å². The van der Waals surface area contributed by atoms with Crippen molar-refractivity contribution < 1.29 is 9.18 Å². The molecule has 0 aliphatic carbocycles. The van der Waals surface area contributed by atoms with Crippen molar-refractivity contribution in [2.75, 3.05) is 0 Å². The van der Waals surface area contributed by atoms with Crippen LogP contribution in [0, 0.1) is 5.82 Å². The van der Waals surface area contributed by atoms with Crippen LogP contribution in [0.15, 0.2) is 36.7 Å². The number of ketones is 1. The van der Waals surface area contributed by atoms with Crippen LogP contribution in [0.5, 0.6) is 0 Å². The third-order valence-corrected chi connectivity index (χ3v) is 4.15. The van der Waals surface area contributed by atoms with E-state index < -0.39 is 0 Å². The largest absolute Gasteiger partial charge is 0.288 e. The van der Waals surface area contributed by atoms with E-state index in [0.29, 0.717) is 10.4 Å². The highest BCUT2D eigenvalue weighted by molar-refractivity contribution is 7.21. The van der Waals surface area contributed by atoms with E-state index in [2.05, 4.69) is 12.0 Å². The third kappa shape index (κ3) is 2.36. The van der Waals surface area contributed by atoms with Crippen molar-refractivity contribution in [1.29, 1.82) is 0 Å². The second kappa shape index (κ2) is 5.17. The highest BCUT2D eigenvalue weighted by Crippen LogP contribution is 2.28. The minimum absolute atomic E-state index is 0.0611. The normalized spacial score (nSPS) is 11.1. The van der Waals surface area contributed by atoms with Crippen LogP contribution in [0.4, 0.5) is 4.39 Å². The molecule has 102 valence electrons. The molecule has 2 heterocycles. The molecule has 0 atom stereocenters. The number of aromatic nitrogens is 2. The van der Waals surface area contributed by atoms with E-state index >= 15 is 0 Å². The quantitative estimate of drug-likeness (QED) is 0.683. The SMILES string of the molecule is CCCn1cc(C(=O)c2cc3ccc(F)cc3s2)cn1. The van der Waals surface area contributed by atoms with Crippen LogP contribution >= 0.6 is 11.3 Å². The lowest BCUT2D eigenvalue weighted by Crippen LogP contribution is -1.98. The Morgan fingerprint density at radius 3 is 3.05 bits per heavy atom. The van der Waals surface area contributed by atoms with Gasteiger partial charge in [0.2, 0.25) is 5.78 Å². The van der Waals surface area contributed by atoms with E-state index in [9.17, 15) is 9.18 Å². The standard InChI is InChI=1S/C15H13FN2OS/c1-2-5-18-9-11(8-17-18)15(19)14-6-10-3-4-12(16)7-13(10)20-14/h3-4,6-9H,2,5H2,1H3. The summed E-state index contributed by atoms with van der Waals surface area (Å²) in [7, 11) is 0. The molecule has 0 unspecified atom stereocenters. The lowest BCUT2D eigenvalue weighted by atomic mass is 10.2. The number of rotatable bonds is 4. The molecule has 0 bridgehead atoms.